The Morgan fingerprint density at radius 1 is 1.17 bits per heavy atom. The highest BCUT2D eigenvalue weighted by Crippen LogP contribution is 2.33. The van der Waals surface area contributed by atoms with E-state index in [1.165, 1.54) is 4.90 Å². The Hall–Kier alpha value is -1.82. The van der Waals surface area contributed by atoms with Crippen LogP contribution in [0.1, 0.15) is 17.0 Å². The normalized spacial score (nSPS) is 16.3. The summed E-state index contributed by atoms with van der Waals surface area (Å²) in [7, 11) is 0. The molecule has 3 rings (SSSR count). The molecule has 1 aliphatic rings. The molecule has 1 aromatic heterocycles. The molecule has 24 heavy (non-hydrogen) atoms. The van der Waals surface area contributed by atoms with E-state index in [1.807, 2.05) is 19.1 Å². The lowest BCUT2D eigenvalue weighted by Crippen LogP contribution is -2.27. The van der Waals surface area contributed by atoms with Gasteiger partial charge in [-0.2, -0.15) is 0 Å². The van der Waals surface area contributed by atoms with Crippen molar-refractivity contribution in [2.45, 2.75) is 13.5 Å². The lowest BCUT2D eigenvalue weighted by Gasteiger charge is -2.12. The molecule has 0 aliphatic carbocycles. The summed E-state index contributed by atoms with van der Waals surface area (Å²) in [5, 5.41) is 0.505. The van der Waals surface area contributed by atoms with Crippen molar-refractivity contribution in [1.82, 2.24) is 9.88 Å². The molecule has 4 nitrogen and oxygen atoms in total. The van der Waals surface area contributed by atoms with Gasteiger partial charge >= 0.3 is 0 Å². The predicted molar refractivity (Wildman–Crippen MR) is 97.0 cm³/mol. The van der Waals surface area contributed by atoms with E-state index in [0.29, 0.717) is 20.6 Å². The van der Waals surface area contributed by atoms with Crippen LogP contribution in [0.4, 0.5) is 4.79 Å². The molecule has 2 amide bonds. The van der Waals surface area contributed by atoms with Gasteiger partial charge in [-0.25, -0.2) is 0 Å². The number of carbonyl (C=O) groups is 2. The summed E-state index contributed by atoms with van der Waals surface area (Å²) in [6.45, 7) is 2.02. The maximum Gasteiger partial charge on any atom is 0.293 e. The molecule has 0 saturated carbocycles. The summed E-state index contributed by atoms with van der Waals surface area (Å²) in [4.78, 5) is 30.5. The lowest BCUT2D eigenvalue weighted by molar-refractivity contribution is -0.123. The Balaban J connectivity index is 1.82. The van der Waals surface area contributed by atoms with Crippen LogP contribution in [0.25, 0.3) is 6.08 Å². The maximum atomic E-state index is 12.5. The van der Waals surface area contributed by atoms with Crippen LogP contribution in [-0.4, -0.2) is 21.0 Å². The molecule has 0 bridgehead atoms. The maximum absolute atomic E-state index is 12.5. The highest BCUT2D eigenvalue weighted by Gasteiger charge is 2.35. The Bertz CT molecular complexity index is 867. The molecule has 2 aromatic rings. The van der Waals surface area contributed by atoms with Gasteiger partial charge in [0.05, 0.1) is 27.2 Å². The van der Waals surface area contributed by atoms with E-state index >= 15 is 0 Å². The molecular weight excluding hydrogens is 367 g/mol. The smallest absolute Gasteiger partial charge is 0.268 e. The fourth-order valence-electron chi connectivity index (χ4n) is 2.24. The van der Waals surface area contributed by atoms with E-state index < -0.39 is 0 Å². The fraction of sp³-hybridized carbons (Fsp3) is 0.118. The average Bonchev–Trinajstić information content (AvgIpc) is 2.78. The van der Waals surface area contributed by atoms with Crippen LogP contribution in [0.5, 0.6) is 0 Å². The minimum Gasteiger partial charge on any atom is -0.268 e. The van der Waals surface area contributed by atoms with Crippen LogP contribution in [-0.2, 0) is 11.3 Å². The van der Waals surface area contributed by atoms with Crippen molar-refractivity contribution >= 4 is 52.2 Å². The van der Waals surface area contributed by atoms with Crippen molar-refractivity contribution in [3.05, 3.63) is 68.3 Å². The molecule has 0 unspecified atom stereocenters. The van der Waals surface area contributed by atoms with Crippen molar-refractivity contribution in [3.8, 4) is 0 Å². The third-order valence-corrected chi connectivity index (χ3v) is 5.03. The number of thioether (sulfide) groups is 1. The van der Waals surface area contributed by atoms with E-state index in [0.717, 1.165) is 23.0 Å². The van der Waals surface area contributed by atoms with Crippen LogP contribution >= 0.6 is 35.0 Å². The minimum atomic E-state index is -0.334. The summed E-state index contributed by atoms with van der Waals surface area (Å²) >= 11 is 12.8. The number of halogens is 2. The highest BCUT2D eigenvalue weighted by molar-refractivity contribution is 8.18. The summed E-state index contributed by atoms with van der Waals surface area (Å²) < 4.78 is 0. The number of aryl methyl sites for hydroxylation is 1. The monoisotopic (exact) mass is 378 g/mol. The Morgan fingerprint density at radius 3 is 2.67 bits per heavy atom. The van der Waals surface area contributed by atoms with E-state index in [2.05, 4.69) is 4.98 Å². The van der Waals surface area contributed by atoms with Crippen LogP contribution in [0.2, 0.25) is 10.0 Å². The van der Waals surface area contributed by atoms with Crippen LogP contribution in [0, 0.1) is 6.92 Å². The number of rotatable bonds is 3. The van der Waals surface area contributed by atoms with E-state index in [1.54, 1.807) is 30.3 Å². The molecule has 122 valence electrons. The number of pyridine rings is 1. The molecule has 0 N–H and O–H groups in total. The van der Waals surface area contributed by atoms with E-state index in [4.69, 9.17) is 23.2 Å². The molecule has 0 radical (unpaired) electrons. The second kappa shape index (κ2) is 6.97. The van der Waals surface area contributed by atoms with Crippen LogP contribution < -0.4 is 0 Å². The highest BCUT2D eigenvalue weighted by atomic mass is 35.5. The van der Waals surface area contributed by atoms with Gasteiger partial charge in [0.1, 0.15) is 0 Å². The molecule has 1 saturated heterocycles. The lowest BCUT2D eigenvalue weighted by atomic mass is 10.2. The van der Waals surface area contributed by atoms with Gasteiger partial charge in [-0.15, -0.1) is 0 Å². The number of imide groups is 1. The number of aromatic nitrogens is 1. The first kappa shape index (κ1) is 17.0. The van der Waals surface area contributed by atoms with Crippen LogP contribution in [0.3, 0.4) is 0 Å². The number of benzene rings is 1. The first-order valence-corrected chi connectivity index (χ1v) is 8.64. The van der Waals surface area contributed by atoms with Gasteiger partial charge in [-0.3, -0.25) is 19.5 Å². The minimum absolute atomic E-state index is 0.153. The number of hydrogen-bond donors (Lipinski definition) is 0. The second-order valence-corrected chi connectivity index (χ2v) is 7.03. The Labute approximate surface area is 153 Å². The number of amides is 2. The predicted octanol–water partition coefficient (Wildman–Crippen LogP) is 4.93. The van der Waals surface area contributed by atoms with Gasteiger partial charge in [-0.1, -0.05) is 35.3 Å². The van der Waals surface area contributed by atoms with Crippen molar-refractivity contribution in [3.63, 3.8) is 0 Å². The first-order valence-electron chi connectivity index (χ1n) is 7.07. The summed E-state index contributed by atoms with van der Waals surface area (Å²) in [5.41, 5.74) is 2.23. The third-order valence-electron chi connectivity index (χ3n) is 3.39. The van der Waals surface area contributed by atoms with Gasteiger partial charge in [0, 0.05) is 5.69 Å². The summed E-state index contributed by atoms with van der Waals surface area (Å²) in [6.07, 6.45) is 1.63. The molecule has 0 atom stereocenters. The second-order valence-electron chi connectivity index (χ2n) is 5.22. The van der Waals surface area contributed by atoms with Crippen LogP contribution in [0.15, 0.2) is 41.3 Å². The number of carbonyl (C=O) groups excluding carboxylic acids is 2. The molecule has 7 heteroatoms. The zero-order chi connectivity index (χ0) is 17.3. The quantitative estimate of drug-likeness (QED) is 0.710. The summed E-state index contributed by atoms with van der Waals surface area (Å²) in [6, 6.07) is 10.6. The van der Waals surface area contributed by atoms with E-state index in [9.17, 15) is 9.59 Å². The molecule has 1 fully saturated rings. The Kier molecular flexibility index (Phi) is 4.94. The van der Waals surface area contributed by atoms with Crippen molar-refractivity contribution in [2.24, 2.45) is 0 Å². The van der Waals surface area contributed by atoms with Gasteiger partial charge in [-0.05, 0) is 54.6 Å². The average molecular weight is 379 g/mol. The van der Waals surface area contributed by atoms with Gasteiger partial charge in [0.25, 0.3) is 11.1 Å². The third kappa shape index (κ3) is 3.64. The molecule has 0 spiro atoms. The van der Waals surface area contributed by atoms with Crippen molar-refractivity contribution < 1.29 is 9.59 Å². The standard InChI is InChI=1S/C17H12Cl2N2O2S/c1-10-3-2-4-12(20-10)8-15-16(22)21(17(23)24-15)9-11-5-6-13(18)14(19)7-11/h2-8H,9H2,1H3/b15-8+. The fourth-order valence-corrected chi connectivity index (χ4v) is 3.38. The molecular formula is C17H12Cl2N2O2S. The molecule has 1 aliphatic heterocycles. The van der Waals surface area contributed by atoms with Gasteiger partial charge < -0.3 is 0 Å². The zero-order valence-corrected chi connectivity index (χ0v) is 15.0. The molecule has 1 aromatic carbocycles. The number of nitrogens with zero attached hydrogens (tertiary/aromatic N) is 2. The van der Waals surface area contributed by atoms with E-state index in [-0.39, 0.29) is 17.7 Å². The number of hydrogen-bond acceptors (Lipinski definition) is 4. The van der Waals surface area contributed by atoms with Gasteiger partial charge in [0.2, 0.25) is 0 Å². The Morgan fingerprint density at radius 2 is 1.96 bits per heavy atom. The molecule has 2 heterocycles. The first-order chi connectivity index (χ1) is 11.4. The van der Waals surface area contributed by atoms with Gasteiger partial charge in [0.15, 0.2) is 0 Å². The largest absolute Gasteiger partial charge is 0.293 e. The summed E-state index contributed by atoms with van der Waals surface area (Å²) in [5.74, 6) is -0.334. The van der Waals surface area contributed by atoms with Crippen molar-refractivity contribution in [2.75, 3.05) is 0 Å². The van der Waals surface area contributed by atoms with Crippen molar-refractivity contribution in [1.29, 1.82) is 0 Å². The zero-order valence-electron chi connectivity index (χ0n) is 12.6. The topological polar surface area (TPSA) is 50.3 Å². The SMILES string of the molecule is Cc1cccc(/C=C2/SC(=O)N(Cc3ccc(Cl)c(Cl)c3)C2=O)n1.